The maximum atomic E-state index is 13.3. The lowest BCUT2D eigenvalue weighted by atomic mass is 10.1. The molecule has 0 saturated carbocycles. The number of rotatable bonds is 9. The highest BCUT2D eigenvalue weighted by Gasteiger charge is 2.21. The number of amides is 3. The van der Waals surface area contributed by atoms with Gasteiger partial charge in [0.05, 0.1) is 30.9 Å². The summed E-state index contributed by atoms with van der Waals surface area (Å²) >= 11 is 0. The van der Waals surface area contributed by atoms with Gasteiger partial charge >= 0.3 is 6.09 Å². The molecule has 0 saturated heterocycles. The van der Waals surface area contributed by atoms with Crippen LogP contribution in [0.4, 0.5) is 16.2 Å². The molecule has 11 nitrogen and oxygen atoms in total. The monoisotopic (exact) mass is 545 g/mol. The van der Waals surface area contributed by atoms with E-state index in [1.165, 1.54) is 26.4 Å². The lowest BCUT2D eigenvalue weighted by molar-refractivity contribution is 0.0997. The van der Waals surface area contributed by atoms with Gasteiger partial charge in [-0.3, -0.25) is 14.4 Å². The van der Waals surface area contributed by atoms with Crippen LogP contribution in [0.1, 0.15) is 32.0 Å². The Morgan fingerprint density at radius 1 is 0.875 bits per heavy atom. The Labute approximate surface area is 228 Å². The molecule has 4 N–H and O–H groups in total. The molecule has 3 amide bonds. The molecule has 4 rings (SSSR count). The smallest absolute Gasteiger partial charge is 0.404 e. The van der Waals surface area contributed by atoms with E-state index in [4.69, 9.17) is 19.0 Å². The molecule has 0 atom stereocenters. The number of anilines is 2. The van der Waals surface area contributed by atoms with Crippen molar-refractivity contribution in [3.05, 3.63) is 93.3 Å². The molecule has 1 heterocycles. The number of methoxy groups -OCH3 is 2. The number of hydrogen-bond donors (Lipinski definition) is 4. The summed E-state index contributed by atoms with van der Waals surface area (Å²) in [5.74, 6) is -0.977. The van der Waals surface area contributed by atoms with E-state index in [0.717, 1.165) is 17.2 Å². The molecular weight excluding hydrogens is 518 g/mol. The number of fused-ring (bicyclic) bond motifs is 1. The minimum atomic E-state index is -1.10. The minimum absolute atomic E-state index is 0.0692. The Balaban J connectivity index is 1.60. The van der Waals surface area contributed by atoms with Crippen LogP contribution in [-0.4, -0.2) is 43.8 Å². The predicted octanol–water partition coefficient (Wildman–Crippen LogP) is 4.43. The average Bonchev–Trinajstić information content (AvgIpc) is 2.93. The minimum Gasteiger partial charge on any atom is -0.493 e. The Morgan fingerprint density at radius 2 is 1.57 bits per heavy atom. The molecule has 1 aromatic heterocycles. The summed E-state index contributed by atoms with van der Waals surface area (Å²) in [6, 6.07) is 15.9. The van der Waals surface area contributed by atoms with Crippen LogP contribution in [0.3, 0.4) is 0 Å². The van der Waals surface area contributed by atoms with Gasteiger partial charge in [0.2, 0.25) is 0 Å². The third kappa shape index (κ3) is 6.38. The lowest BCUT2D eigenvalue weighted by Crippen LogP contribution is -2.23. The number of aryl methyl sites for hydroxylation is 1. The van der Waals surface area contributed by atoms with Gasteiger partial charge in [-0.15, -0.1) is 0 Å². The summed E-state index contributed by atoms with van der Waals surface area (Å²) in [4.78, 5) is 49.7. The van der Waals surface area contributed by atoms with E-state index in [-0.39, 0.29) is 46.1 Å². The first-order valence-electron chi connectivity index (χ1n) is 12.2. The predicted molar refractivity (Wildman–Crippen MR) is 149 cm³/mol. The fourth-order valence-corrected chi connectivity index (χ4v) is 4.00. The first kappa shape index (κ1) is 27.7. The first-order valence-corrected chi connectivity index (χ1v) is 12.2. The van der Waals surface area contributed by atoms with Crippen molar-refractivity contribution in [1.82, 2.24) is 5.32 Å². The molecule has 0 radical (unpaired) electrons. The van der Waals surface area contributed by atoms with Crippen molar-refractivity contribution in [2.24, 2.45) is 0 Å². The fourth-order valence-electron chi connectivity index (χ4n) is 4.00. The number of carboxylic acid groups (broad SMARTS) is 1. The summed E-state index contributed by atoms with van der Waals surface area (Å²) < 4.78 is 16.4. The topological polar surface area (TPSA) is 156 Å². The standard InChI is InChI=1S/C29H27N3O8/c1-16-4-9-19-22(33)15-26(40-23(19)12-16)28(35)32-21-14-25(39-3)24(38-2)13-20(21)27(34)31-18-7-5-17(6-8-18)10-11-30-29(36)37/h4-9,12-15,30H,10-11H2,1-3H3,(H,31,34)(H,32,35)(H,36,37). The zero-order valence-corrected chi connectivity index (χ0v) is 22.0. The van der Waals surface area contributed by atoms with Gasteiger partial charge in [0.1, 0.15) is 5.58 Å². The number of nitrogens with one attached hydrogen (secondary N) is 3. The summed E-state index contributed by atoms with van der Waals surface area (Å²) in [5, 5.41) is 16.8. The van der Waals surface area contributed by atoms with Gasteiger partial charge in [0, 0.05) is 24.4 Å². The number of benzene rings is 3. The van der Waals surface area contributed by atoms with Gasteiger partial charge in [-0.2, -0.15) is 0 Å². The van der Waals surface area contributed by atoms with Crippen molar-refractivity contribution in [2.45, 2.75) is 13.3 Å². The van der Waals surface area contributed by atoms with Gasteiger partial charge in [-0.1, -0.05) is 18.2 Å². The van der Waals surface area contributed by atoms with Crippen molar-refractivity contribution in [3.8, 4) is 11.5 Å². The van der Waals surface area contributed by atoms with Crippen LogP contribution in [0.25, 0.3) is 11.0 Å². The maximum Gasteiger partial charge on any atom is 0.404 e. The molecule has 0 fully saturated rings. The van der Waals surface area contributed by atoms with Crippen molar-refractivity contribution in [2.75, 3.05) is 31.4 Å². The second-order valence-corrected chi connectivity index (χ2v) is 8.81. The van der Waals surface area contributed by atoms with Gasteiger partial charge in [-0.05, 0) is 54.8 Å². The van der Waals surface area contributed by atoms with Crippen LogP contribution in [0.2, 0.25) is 0 Å². The summed E-state index contributed by atoms with van der Waals surface area (Å²) in [7, 11) is 2.84. The van der Waals surface area contributed by atoms with Crippen molar-refractivity contribution < 1.29 is 33.4 Å². The van der Waals surface area contributed by atoms with Crippen molar-refractivity contribution >= 4 is 40.3 Å². The van der Waals surface area contributed by atoms with Crippen LogP contribution in [-0.2, 0) is 6.42 Å². The summed E-state index contributed by atoms with van der Waals surface area (Å²) in [6.45, 7) is 2.09. The zero-order valence-electron chi connectivity index (χ0n) is 22.0. The van der Waals surface area contributed by atoms with Crippen molar-refractivity contribution in [3.63, 3.8) is 0 Å². The number of carbonyl (C=O) groups is 3. The van der Waals surface area contributed by atoms with E-state index in [9.17, 15) is 19.2 Å². The van der Waals surface area contributed by atoms with Crippen LogP contribution in [0.5, 0.6) is 11.5 Å². The van der Waals surface area contributed by atoms with E-state index < -0.39 is 17.9 Å². The van der Waals surface area contributed by atoms with E-state index in [1.54, 1.807) is 42.5 Å². The van der Waals surface area contributed by atoms with Crippen LogP contribution in [0.15, 0.2) is 69.9 Å². The molecule has 0 bridgehead atoms. The highest BCUT2D eigenvalue weighted by molar-refractivity contribution is 6.12. The Morgan fingerprint density at radius 3 is 2.25 bits per heavy atom. The lowest BCUT2D eigenvalue weighted by Gasteiger charge is -2.16. The Kier molecular flexibility index (Phi) is 8.33. The molecule has 40 heavy (non-hydrogen) atoms. The Bertz CT molecular complexity index is 1640. The van der Waals surface area contributed by atoms with Crippen LogP contribution < -0.4 is 30.9 Å². The second-order valence-electron chi connectivity index (χ2n) is 8.81. The normalized spacial score (nSPS) is 10.6. The number of hydrogen-bond acceptors (Lipinski definition) is 7. The highest BCUT2D eigenvalue weighted by Crippen LogP contribution is 2.34. The molecule has 0 aliphatic rings. The largest absolute Gasteiger partial charge is 0.493 e. The van der Waals surface area contributed by atoms with E-state index >= 15 is 0 Å². The first-order chi connectivity index (χ1) is 19.2. The fraction of sp³-hybridized carbons (Fsp3) is 0.172. The maximum absolute atomic E-state index is 13.3. The van der Waals surface area contributed by atoms with E-state index in [0.29, 0.717) is 17.5 Å². The number of ether oxygens (including phenoxy) is 2. The summed E-state index contributed by atoms with van der Waals surface area (Å²) in [6.07, 6.45) is -0.615. The zero-order chi connectivity index (χ0) is 28.8. The SMILES string of the molecule is COc1cc(NC(=O)c2cc(=O)c3ccc(C)cc3o2)c(C(=O)Nc2ccc(CCNC(=O)O)cc2)cc1OC. The molecule has 0 unspecified atom stereocenters. The molecular formula is C29H27N3O8. The third-order valence-electron chi connectivity index (χ3n) is 6.03. The quantitative estimate of drug-likeness (QED) is 0.241. The molecule has 4 aromatic rings. The highest BCUT2D eigenvalue weighted by atomic mass is 16.5. The second kappa shape index (κ2) is 12.0. The van der Waals surface area contributed by atoms with Gasteiger partial charge in [0.15, 0.2) is 22.7 Å². The van der Waals surface area contributed by atoms with Crippen molar-refractivity contribution in [1.29, 1.82) is 0 Å². The molecule has 3 aromatic carbocycles. The van der Waals surface area contributed by atoms with Crippen LogP contribution >= 0.6 is 0 Å². The van der Waals surface area contributed by atoms with E-state index in [2.05, 4.69) is 16.0 Å². The van der Waals surface area contributed by atoms with E-state index in [1.807, 2.05) is 6.92 Å². The molecule has 206 valence electrons. The number of carbonyl (C=O) groups excluding carboxylic acids is 2. The summed E-state index contributed by atoms with van der Waals surface area (Å²) in [5.41, 5.74) is 2.27. The van der Waals surface area contributed by atoms with Gasteiger partial charge < -0.3 is 34.9 Å². The molecule has 0 aliphatic carbocycles. The third-order valence-corrected chi connectivity index (χ3v) is 6.03. The molecule has 0 spiro atoms. The molecule has 11 heteroatoms. The molecule has 0 aliphatic heterocycles. The van der Waals surface area contributed by atoms with Crippen LogP contribution in [0, 0.1) is 6.92 Å². The Hall–Kier alpha value is -5.32. The van der Waals surface area contributed by atoms with Gasteiger partial charge in [-0.25, -0.2) is 4.79 Å². The average molecular weight is 546 g/mol. The van der Waals surface area contributed by atoms with Gasteiger partial charge in [0.25, 0.3) is 11.8 Å².